The number of fused-ring (bicyclic) bond motifs is 3. The van der Waals surface area contributed by atoms with E-state index in [2.05, 4.69) is 4.98 Å². The van der Waals surface area contributed by atoms with Crippen molar-refractivity contribution in [3.8, 4) is 11.5 Å². The summed E-state index contributed by atoms with van der Waals surface area (Å²) in [7, 11) is 3.07. The highest BCUT2D eigenvalue weighted by Gasteiger charge is 2.44. The Balaban J connectivity index is 2.04. The van der Waals surface area contributed by atoms with Crippen LogP contribution in [0.25, 0.3) is 10.9 Å². The minimum Gasteiger partial charge on any atom is -0.497 e. The molecule has 2 atom stereocenters. The highest BCUT2D eigenvalue weighted by molar-refractivity contribution is 6.27. The maximum atomic E-state index is 12.9. The third-order valence-corrected chi connectivity index (χ3v) is 5.78. The van der Waals surface area contributed by atoms with Gasteiger partial charge in [-0.15, -0.1) is 11.6 Å². The van der Waals surface area contributed by atoms with Gasteiger partial charge in [0.15, 0.2) is 0 Å². The van der Waals surface area contributed by atoms with Crippen LogP contribution in [-0.4, -0.2) is 53.0 Å². The Morgan fingerprint density at radius 1 is 1.20 bits per heavy atom. The molecule has 30 heavy (non-hydrogen) atoms. The molecule has 2 aromatic carbocycles. The average molecular weight is 429 g/mol. The van der Waals surface area contributed by atoms with Gasteiger partial charge in [0, 0.05) is 28.6 Å². The number of amides is 1. The Bertz CT molecular complexity index is 1130. The van der Waals surface area contributed by atoms with Gasteiger partial charge in [0.1, 0.15) is 29.5 Å². The number of halogens is 1. The molecule has 4 rings (SSSR count). The lowest BCUT2D eigenvalue weighted by atomic mass is 9.87. The summed E-state index contributed by atoms with van der Waals surface area (Å²) in [5, 5.41) is 10.9. The van der Waals surface area contributed by atoms with Crippen molar-refractivity contribution in [3.05, 3.63) is 59.3 Å². The smallest absolute Gasteiger partial charge is 0.326 e. The third-order valence-electron chi connectivity index (χ3n) is 5.55. The molecule has 1 aliphatic rings. The third kappa shape index (κ3) is 3.15. The first-order valence-corrected chi connectivity index (χ1v) is 9.95. The minimum atomic E-state index is -1.09. The number of hydrogen-bond acceptors (Lipinski definition) is 4. The van der Waals surface area contributed by atoms with Crippen LogP contribution in [0.2, 0.25) is 0 Å². The predicted molar refractivity (Wildman–Crippen MR) is 112 cm³/mol. The number of aromatic nitrogens is 1. The average Bonchev–Trinajstić information content (AvgIpc) is 3.15. The Kier molecular flexibility index (Phi) is 5.30. The number of aromatic amines is 1. The van der Waals surface area contributed by atoms with Crippen molar-refractivity contribution >= 4 is 34.4 Å². The zero-order valence-electron chi connectivity index (χ0n) is 16.5. The fraction of sp³-hybridized carbons (Fsp3) is 0.273. The number of benzene rings is 2. The summed E-state index contributed by atoms with van der Waals surface area (Å²) in [6.45, 7) is 0. The molecule has 0 saturated carbocycles. The van der Waals surface area contributed by atoms with Crippen LogP contribution in [0, 0.1) is 0 Å². The molecule has 2 heterocycles. The zero-order chi connectivity index (χ0) is 21.4. The molecule has 0 aliphatic carbocycles. The first kappa shape index (κ1) is 20.1. The van der Waals surface area contributed by atoms with E-state index >= 15 is 0 Å². The normalized spacial score (nSPS) is 18.2. The van der Waals surface area contributed by atoms with Crippen LogP contribution in [0.3, 0.4) is 0 Å². The second-order valence-corrected chi connectivity index (χ2v) is 7.33. The number of carboxylic acids is 1. The molecule has 0 saturated heterocycles. The zero-order valence-corrected chi connectivity index (χ0v) is 17.3. The summed E-state index contributed by atoms with van der Waals surface area (Å²) in [5.41, 5.74) is 3.11. The molecule has 0 unspecified atom stereocenters. The number of para-hydroxylation sites is 1. The first-order chi connectivity index (χ1) is 14.5. The summed E-state index contributed by atoms with van der Waals surface area (Å²) in [4.78, 5) is 29.8. The fourth-order valence-corrected chi connectivity index (χ4v) is 4.37. The molecular formula is C22H21ClN2O5. The predicted octanol–water partition coefficient (Wildman–Crippen LogP) is 3.35. The van der Waals surface area contributed by atoms with Crippen molar-refractivity contribution in [2.24, 2.45) is 0 Å². The molecule has 2 N–H and O–H groups in total. The summed E-state index contributed by atoms with van der Waals surface area (Å²) in [5.74, 6) is -0.801. The Morgan fingerprint density at radius 3 is 2.63 bits per heavy atom. The van der Waals surface area contributed by atoms with Gasteiger partial charge in [-0.3, -0.25) is 4.79 Å². The van der Waals surface area contributed by atoms with Crippen LogP contribution in [0.1, 0.15) is 22.9 Å². The quantitative estimate of drug-likeness (QED) is 0.608. The number of rotatable bonds is 5. The number of ether oxygens (including phenoxy) is 2. The van der Waals surface area contributed by atoms with Crippen LogP contribution >= 0.6 is 11.6 Å². The molecule has 3 aromatic rings. The van der Waals surface area contributed by atoms with E-state index in [0.717, 1.165) is 22.2 Å². The standard InChI is InChI=1S/C22H21ClN2O5/c1-29-12-7-8-18(30-2)15(9-12)21-20-14(13-5-3-4-6-16(13)24-20)10-17(22(27)28)25(21)19(26)11-23/h3-9,17,21,24H,10-11H2,1-2H3,(H,27,28)/t17-,21-/m1/s1. The number of carbonyl (C=O) groups excluding carboxylic acids is 1. The van der Waals surface area contributed by atoms with Gasteiger partial charge in [-0.2, -0.15) is 0 Å². The number of nitrogens with zero attached hydrogens (tertiary/aromatic N) is 1. The highest BCUT2D eigenvalue weighted by atomic mass is 35.5. The number of alkyl halides is 1. The molecule has 0 fully saturated rings. The molecule has 0 bridgehead atoms. The van der Waals surface area contributed by atoms with Gasteiger partial charge in [-0.25, -0.2) is 4.79 Å². The van der Waals surface area contributed by atoms with Crippen molar-refractivity contribution in [1.82, 2.24) is 9.88 Å². The Hall–Kier alpha value is -3.19. The first-order valence-electron chi connectivity index (χ1n) is 9.41. The number of aliphatic carboxylic acids is 1. The highest BCUT2D eigenvalue weighted by Crippen LogP contribution is 2.44. The van der Waals surface area contributed by atoms with Crippen LogP contribution in [0.4, 0.5) is 0 Å². The van der Waals surface area contributed by atoms with Crippen molar-refractivity contribution in [2.75, 3.05) is 20.1 Å². The van der Waals surface area contributed by atoms with Gasteiger partial charge >= 0.3 is 5.97 Å². The second kappa shape index (κ2) is 7.91. The molecule has 1 aliphatic heterocycles. The van der Waals surface area contributed by atoms with E-state index in [1.807, 2.05) is 24.3 Å². The van der Waals surface area contributed by atoms with Crippen LogP contribution in [0.5, 0.6) is 11.5 Å². The van der Waals surface area contributed by atoms with Crippen molar-refractivity contribution in [2.45, 2.75) is 18.5 Å². The number of carbonyl (C=O) groups is 2. The topological polar surface area (TPSA) is 91.9 Å². The van der Waals surface area contributed by atoms with Crippen molar-refractivity contribution in [1.29, 1.82) is 0 Å². The van der Waals surface area contributed by atoms with E-state index in [4.69, 9.17) is 21.1 Å². The SMILES string of the molecule is COc1ccc(OC)c([C@@H]2c3[nH]c4ccccc4c3C[C@H](C(=O)O)N2C(=O)CCl)c1. The Labute approximate surface area is 178 Å². The van der Waals surface area contributed by atoms with Gasteiger partial charge < -0.3 is 24.5 Å². The molecule has 0 radical (unpaired) electrons. The van der Waals surface area contributed by atoms with E-state index in [9.17, 15) is 14.7 Å². The van der Waals surface area contributed by atoms with E-state index in [0.29, 0.717) is 17.1 Å². The number of hydrogen-bond donors (Lipinski definition) is 2. The van der Waals surface area contributed by atoms with Crippen LogP contribution < -0.4 is 9.47 Å². The number of nitrogens with one attached hydrogen (secondary N) is 1. The Morgan fingerprint density at radius 2 is 1.97 bits per heavy atom. The van der Waals surface area contributed by atoms with Gasteiger partial charge in [-0.1, -0.05) is 18.2 Å². The molecule has 8 heteroatoms. The molecule has 7 nitrogen and oxygen atoms in total. The van der Waals surface area contributed by atoms with Gasteiger partial charge in [0.25, 0.3) is 0 Å². The van der Waals surface area contributed by atoms with Crippen molar-refractivity contribution < 1.29 is 24.2 Å². The van der Waals surface area contributed by atoms with E-state index in [1.54, 1.807) is 25.3 Å². The number of H-pyrrole nitrogens is 1. The summed E-state index contributed by atoms with van der Waals surface area (Å²) in [6.07, 6.45) is 0.181. The largest absolute Gasteiger partial charge is 0.497 e. The molecule has 1 amide bonds. The summed E-state index contributed by atoms with van der Waals surface area (Å²) >= 11 is 5.90. The lowest BCUT2D eigenvalue weighted by Crippen LogP contribution is -2.52. The van der Waals surface area contributed by atoms with E-state index in [1.165, 1.54) is 12.0 Å². The monoisotopic (exact) mass is 428 g/mol. The van der Waals surface area contributed by atoms with E-state index < -0.39 is 24.0 Å². The number of carboxylic acid groups (broad SMARTS) is 1. The maximum absolute atomic E-state index is 12.9. The second-order valence-electron chi connectivity index (χ2n) is 7.07. The minimum absolute atomic E-state index is 0.181. The maximum Gasteiger partial charge on any atom is 0.326 e. The molecule has 0 spiro atoms. The van der Waals surface area contributed by atoms with Gasteiger partial charge in [0.2, 0.25) is 5.91 Å². The van der Waals surface area contributed by atoms with Crippen molar-refractivity contribution in [3.63, 3.8) is 0 Å². The van der Waals surface area contributed by atoms with E-state index in [-0.39, 0.29) is 12.3 Å². The van der Waals surface area contributed by atoms with Gasteiger partial charge in [0.05, 0.1) is 14.2 Å². The molecule has 1 aromatic heterocycles. The summed E-state index contributed by atoms with van der Waals surface area (Å²) in [6, 6.07) is 11.1. The fourth-order valence-electron chi connectivity index (χ4n) is 4.24. The lowest BCUT2D eigenvalue weighted by Gasteiger charge is -2.40. The van der Waals surface area contributed by atoms with Crippen LogP contribution in [0.15, 0.2) is 42.5 Å². The number of methoxy groups -OCH3 is 2. The summed E-state index contributed by atoms with van der Waals surface area (Å²) < 4.78 is 10.9. The van der Waals surface area contributed by atoms with Crippen LogP contribution in [-0.2, 0) is 16.0 Å². The molecule has 156 valence electrons. The van der Waals surface area contributed by atoms with Gasteiger partial charge in [-0.05, 0) is 29.8 Å². The lowest BCUT2D eigenvalue weighted by molar-refractivity contribution is -0.151. The molecular weight excluding hydrogens is 408 g/mol.